The monoisotopic (exact) mass is 205 g/mol. The average Bonchev–Trinajstić information content (AvgIpc) is 2.17. The van der Waals surface area contributed by atoms with Crippen molar-refractivity contribution in [3.05, 3.63) is 28.8 Å². The molecule has 0 saturated heterocycles. The van der Waals surface area contributed by atoms with E-state index in [4.69, 9.17) is 10.00 Å². The van der Waals surface area contributed by atoms with Crippen LogP contribution >= 0.6 is 0 Å². The third-order valence-electron chi connectivity index (χ3n) is 1.93. The Labute approximate surface area is 87.7 Å². The van der Waals surface area contributed by atoms with E-state index in [9.17, 15) is 9.90 Å². The summed E-state index contributed by atoms with van der Waals surface area (Å²) in [5, 5.41) is 18.2. The molecule has 0 aliphatic rings. The lowest BCUT2D eigenvalue weighted by Crippen LogP contribution is -2.07. The van der Waals surface area contributed by atoms with Crippen LogP contribution in [0, 0.1) is 18.3 Å². The zero-order chi connectivity index (χ0) is 11.4. The molecule has 4 heteroatoms. The molecule has 0 fully saturated rings. The Morgan fingerprint density at radius 2 is 2.27 bits per heavy atom. The summed E-state index contributed by atoms with van der Waals surface area (Å²) in [6, 6.07) is 4.59. The number of benzene rings is 1. The fourth-order valence-corrected chi connectivity index (χ4v) is 1.29. The van der Waals surface area contributed by atoms with Gasteiger partial charge in [0.05, 0.1) is 17.7 Å². The van der Waals surface area contributed by atoms with Crippen molar-refractivity contribution in [2.45, 2.75) is 13.8 Å². The summed E-state index contributed by atoms with van der Waals surface area (Å²) in [6.07, 6.45) is 0. The van der Waals surface area contributed by atoms with Crippen LogP contribution in [-0.4, -0.2) is 17.7 Å². The Morgan fingerprint density at radius 1 is 1.60 bits per heavy atom. The first kappa shape index (κ1) is 11.1. The Kier molecular flexibility index (Phi) is 3.29. The van der Waals surface area contributed by atoms with Crippen LogP contribution in [0.3, 0.4) is 0 Å². The van der Waals surface area contributed by atoms with Crippen LogP contribution in [0.2, 0.25) is 0 Å². The molecule has 1 aromatic rings. The molecule has 0 aliphatic heterocycles. The van der Waals surface area contributed by atoms with Crippen molar-refractivity contribution >= 4 is 5.97 Å². The molecule has 1 rings (SSSR count). The summed E-state index contributed by atoms with van der Waals surface area (Å²) in [5.41, 5.74) is 0.906. The molecule has 78 valence electrons. The van der Waals surface area contributed by atoms with Crippen molar-refractivity contribution in [3.8, 4) is 11.8 Å². The fraction of sp³-hybridized carbons (Fsp3) is 0.273. The van der Waals surface area contributed by atoms with Gasteiger partial charge in [0.25, 0.3) is 0 Å². The van der Waals surface area contributed by atoms with Crippen LogP contribution in [0.1, 0.15) is 28.4 Å². The summed E-state index contributed by atoms with van der Waals surface area (Å²) < 4.78 is 4.78. The lowest BCUT2D eigenvalue weighted by atomic mass is 10.0. The molecule has 1 aromatic carbocycles. The lowest BCUT2D eigenvalue weighted by molar-refractivity contribution is 0.0525. The van der Waals surface area contributed by atoms with Crippen molar-refractivity contribution in [1.82, 2.24) is 0 Å². The number of esters is 1. The summed E-state index contributed by atoms with van der Waals surface area (Å²) in [4.78, 5) is 11.4. The van der Waals surface area contributed by atoms with Crippen LogP contribution in [0.5, 0.6) is 5.75 Å². The van der Waals surface area contributed by atoms with Crippen molar-refractivity contribution in [1.29, 1.82) is 5.26 Å². The van der Waals surface area contributed by atoms with Gasteiger partial charge in [-0.3, -0.25) is 0 Å². The number of aromatic hydroxyl groups is 1. The SMILES string of the molecule is CCOC(=O)c1cc(O)cc(C)c1C#N. The highest BCUT2D eigenvalue weighted by atomic mass is 16.5. The van der Waals surface area contributed by atoms with Crippen molar-refractivity contribution in [2.24, 2.45) is 0 Å². The van der Waals surface area contributed by atoms with Gasteiger partial charge in [-0.05, 0) is 31.5 Å². The highest BCUT2D eigenvalue weighted by Gasteiger charge is 2.15. The minimum atomic E-state index is -0.590. The van der Waals surface area contributed by atoms with E-state index in [1.165, 1.54) is 12.1 Å². The van der Waals surface area contributed by atoms with E-state index in [1.807, 2.05) is 6.07 Å². The van der Waals surface area contributed by atoms with Gasteiger partial charge < -0.3 is 9.84 Å². The molecule has 0 aliphatic carbocycles. The normalized spacial score (nSPS) is 9.40. The van der Waals surface area contributed by atoms with Crippen LogP contribution in [0.4, 0.5) is 0 Å². The average molecular weight is 205 g/mol. The molecular weight excluding hydrogens is 194 g/mol. The van der Waals surface area contributed by atoms with Gasteiger partial charge in [-0.1, -0.05) is 0 Å². The number of ether oxygens (including phenoxy) is 1. The third-order valence-corrected chi connectivity index (χ3v) is 1.93. The predicted molar refractivity (Wildman–Crippen MR) is 53.5 cm³/mol. The van der Waals surface area contributed by atoms with Crippen molar-refractivity contribution in [3.63, 3.8) is 0 Å². The molecule has 15 heavy (non-hydrogen) atoms. The molecule has 0 spiro atoms. The van der Waals surface area contributed by atoms with E-state index < -0.39 is 5.97 Å². The van der Waals surface area contributed by atoms with Crippen molar-refractivity contribution < 1.29 is 14.6 Å². The molecule has 0 heterocycles. The van der Waals surface area contributed by atoms with E-state index >= 15 is 0 Å². The number of phenols is 1. The Balaban J connectivity index is 3.28. The number of hydrogen-bond donors (Lipinski definition) is 1. The molecule has 0 atom stereocenters. The second-order valence-corrected chi connectivity index (χ2v) is 3.02. The smallest absolute Gasteiger partial charge is 0.339 e. The second-order valence-electron chi connectivity index (χ2n) is 3.02. The van der Waals surface area contributed by atoms with Crippen LogP contribution in [0.15, 0.2) is 12.1 Å². The van der Waals surface area contributed by atoms with Gasteiger partial charge in [-0.15, -0.1) is 0 Å². The number of hydrogen-bond acceptors (Lipinski definition) is 4. The van der Waals surface area contributed by atoms with Crippen molar-refractivity contribution in [2.75, 3.05) is 6.61 Å². The Morgan fingerprint density at radius 3 is 2.80 bits per heavy atom. The number of aryl methyl sites for hydroxylation is 1. The van der Waals surface area contributed by atoms with E-state index in [0.717, 1.165) is 0 Å². The van der Waals surface area contributed by atoms with Crippen LogP contribution in [-0.2, 0) is 4.74 Å². The first-order valence-corrected chi connectivity index (χ1v) is 4.51. The predicted octanol–water partition coefficient (Wildman–Crippen LogP) is 1.75. The van der Waals surface area contributed by atoms with Gasteiger partial charge in [0, 0.05) is 0 Å². The maximum absolute atomic E-state index is 11.4. The summed E-state index contributed by atoms with van der Waals surface area (Å²) in [6.45, 7) is 3.57. The van der Waals surface area contributed by atoms with Gasteiger partial charge in [0.2, 0.25) is 0 Å². The zero-order valence-corrected chi connectivity index (χ0v) is 8.57. The molecule has 0 unspecified atom stereocenters. The van der Waals surface area contributed by atoms with E-state index in [1.54, 1.807) is 13.8 Å². The maximum atomic E-state index is 11.4. The quantitative estimate of drug-likeness (QED) is 0.746. The first-order valence-electron chi connectivity index (χ1n) is 4.51. The number of nitrogens with zero attached hydrogens (tertiary/aromatic N) is 1. The molecule has 0 radical (unpaired) electrons. The van der Waals surface area contributed by atoms with Gasteiger partial charge in [0.15, 0.2) is 0 Å². The molecular formula is C11H11NO3. The molecule has 0 saturated carbocycles. The number of phenolic OH excluding ortho intramolecular Hbond substituents is 1. The molecule has 0 amide bonds. The maximum Gasteiger partial charge on any atom is 0.339 e. The fourth-order valence-electron chi connectivity index (χ4n) is 1.29. The minimum absolute atomic E-state index is 0.0467. The van der Waals surface area contributed by atoms with Gasteiger partial charge >= 0.3 is 5.97 Å². The highest BCUT2D eigenvalue weighted by Crippen LogP contribution is 2.21. The number of nitriles is 1. The number of rotatable bonds is 2. The summed E-state index contributed by atoms with van der Waals surface area (Å²) in [7, 11) is 0. The summed E-state index contributed by atoms with van der Waals surface area (Å²) >= 11 is 0. The van der Waals surface area contributed by atoms with Gasteiger partial charge in [-0.2, -0.15) is 5.26 Å². The zero-order valence-electron chi connectivity index (χ0n) is 8.57. The molecule has 1 N–H and O–H groups in total. The van der Waals surface area contributed by atoms with E-state index in [2.05, 4.69) is 0 Å². The molecule has 4 nitrogen and oxygen atoms in total. The van der Waals surface area contributed by atoms with E-state index in [-0.39, 0.29) is 23.5 Å². The third kappa shape index (κ3) is 2.26. The van der Waals surface area contributed by atoms with Gasteiger partial charge in [0.1, 0.15) is 11.8 Å². The minimum Gasteiger partial charge on any atom is -0.508 e. The lowest BCUT2D eigenvalue weighted by Gasteiger charge is -2.06. The molecule has 0 bridgehead atoms. The van der Waals surface area contributed by atoms with Gasteiger partial charge in [-0.25, -0.2) is 4.79 Å². The van der Waals surface area contributed by atoms with Crippen LogP contribution in [0.25, 0.3) is 0 Å². The van der Waals surface area contributed by atoms with E-state index in [0.29, 0.717) is 5.56 Å². The summed E-state index contributed by atoms with van der Waals surface area (Å²) in [5.74, 6) is -0.636. The number of carbonyl (C=O) groups is 1. The number of carbonyl (C=O) groups excluding carboxylic acids is 1. The largest absolute Gasteiger partial charge is 0.508 e. The Hall–Kier alpha value is -2.02. The highest BCUT2D eigenvalue weighted by molar-refractivity contribution is 5.93. The topological polar surface area (TPSA) is 70.3 Å². The van der Waals surface area contributed by atoms with Crippen LogP contribution < -0.4 is 0 Å². The Bertz CT molecular complexity index is 432. The molecule has 0 aromatic heterocycles. The second kappa shape index (κ2) is 4.47. The standard InChI is InChI=1S/C11H11NO3/c1-3-15-11(14)9-5-8(13)4-7(2)10(9)6-12/h4-5,13H,3H2,1-2H3. The first-order chi connectivity index (χ1) is 7.10.